The van der Waals surface area contributed by atoms with E-state index in [-0.39, 0.29) is 23.2 Å². The van der Waals surface area contributed by atoms with Gasteiger partial charge in [0.05, 0.1) is 23.4 Å². The van der Waals surface area contributed by atoms with Gasteiger partial charge in [-0.25, -0.2) is 14.4 Å². The van der Waals surface area contributed by atoms with Crippen LogP contribution < -0.4 is 10.1 Å². The zero-order chi connectivity index (χ0) is 21.4. The summed E-state index contributed by atoms with van der Waals surface area (Å²) < 4.78 is 34.6. The van der Waals surface area contributed by atoms with Gasteiger partial charge in [-0.15, -0.1) is 0 Å². The SMILES string of the molecule is COc1cc(F)c([N+](=O)[O-])cc1Nc1nccc(-c2cn(C)c3ccc(F)cc23)n1. The zero-order valence-electron chi connectivity index (χ0n) is 15.9. The van der Waals surface area contributed by atoms with Crippen LogP contribution in [-0.2, 0) is 7.05 Å². The molecule has 8 nitrogen and oxygen atoms in total. The second-order valence-electron chi connectivity index (χ2n) is 6.47. The smallest absolute Gasteiger partial charge is 0.307 e. The number of anilines is 2. The van der Waals surface area contributed by atoms with E-state index in [1.54, 1.807) is 12.1 Å². The van der Waals surface area contributed by atoms with Crippen LogP contribution in [0.4, 0.5) is 26.1 Å². The van der Waals surface area contributed by atoms with E-state index in [2.05, 4.69) is 15.3 Å². The topological polar surface area (TPSA) is 95.1 Å². The van der Waals surface area contributed by atoms with E-state index in [1.165, 1.54) is 25.4 Å². The first kappa shape index (κ1) is 19.2. The first-order valence-electron chi connectivity index (χ1n) is 8.74. The molecular formula is C20H15F2N5O3. The number of nitrogens with one attached hydrogen (secondary N) is 1. The number of methoxy groups -OCH3 is 1. The van der Waals surface area contributed by atoms with Gasteiger partial charge in [-0.3, -0.25) is 10.1 Å². The fraction of sp³-hybridized carbons (Fsp3) is 0.100. The van der Waals surface area contributed by atoms with E-state index in [0.29, 0.717) is 16.6 Å². The molecule has 0 unspecified atom stereocenters. The Morgan fingerprint density at radius 1 is 1.20 bits per heavy atom. The van der Waals surface area contributed by atoms with Gasteiger partial charge < -0.3 is 14.6 Å². The number of benzene rings is 2. The normalized spacial score (nSPS) is 10.9. The van der Waals surface area contributed by atoms with E-state index >= 15 is 0 Å². The maximum Gasteiger partial charge on any atom is 0.307 e. The molecule has 30 heavy (non-hydrogen) atoms. The molecule has 0 aliphatic carbocycles. The van der Waals surface area contributed by atoms with Gasteiger partial charge in [-0.05, 0) is 24.3 Å². The molecule has 0 aliphatic heterocycles. The minimum absolute atomic E-state index is 0.0549. The number of fused-ring (bicyclic) bond motifs is 1. The lowest BCUT2D eigenvalue weighted by Crippen LogP contribution is -2.02. The number of aryl methyl sites for hydroxylation is 1. The summed E-state index contributed by atoms with van der Waals surface area (Å²) in [5, 5.41) is 14.6. The predicted molar refractivity (Wildman–Crippen MR) is 107 cm³/mol. The van der Waals surface area contributed by atoms with Gasteiger partial charge >= 0.3 is 5.69 Å². The quantitative estimate of drug-likeness (QED) is 0.382. The number of ether oxygens (including phenoxy) is 1. The Kier molecular flexibility index (Phi) is 4.74. The molecule has 2 heterocycles. The molecule has 0 spiro atoms. The van der Waals surface area contributed by atoms with Crippen LogP contribution >= 0.6 is 0 Å². The summed E-state index contributed by atoms with van der Waals surface area (Å²) in [5.41, 5.74) is 1.45. The number of halogens is 2. The molecule has 152 valence electrons. The lowest BCUT2D eigenvalue weighted by molar-refractivity contribution is -0.387. The van der Waals surface area contributed by atoms with E-state index in [4.69, 9.17) is 4.74 Å². The van der Waals surface area contributed by atoms with Gasteiger partial charge in [0.15, 0.2) is 0 Å². The first-order chi connectivity index (χ1) is 14.4. The number of rotatable bonds is 5. The second kappa shape index (κ2) is 7.39. The summed E-state index contributed by atoms with van der Waals surface area (Å²) in [4.78, 5) is 18.8. The number of nitrogens with zero attached hydrogens (tertiary/aromatic N) is 4. The zero-order valence-corrected chi connectivity index (χ0v) is 15.9. The summed E-state index contributed by atoms with van der Waals surface area (Å²) in [6.45, 7) is 0. The monoisotopic (exact) mass is 411 g/mol. The van der Waals surface area contributed by atoms with Crippen molar-refractivity contribution in [2.24, 2.45) is 7.05 Å². The molecule has 10 heteroatoms. The van der Waals surface area contributed by atoms with Crippen molar-refractivity contribution in [1.82, 2.24) is 14.5 Å². The van der Waals surface area contributed by atoms with E-state index in [9.17, 15) is 18.9 Å². The summed E-state index contributed by atoms with van der Waals surface area (Å²) in [6, 6.07) is 8.07. The number of nitro groups is 1. The van der Waals surface area contributed by atoms with Gasteiger partial charge in [0, 0.05) is 48.0 Å². The molecule has 0 radical (unpaired) electrons. The number of aromatic nitrogens is 3. The molecule has 0 atom stereocenters. The molecular weight excluding hydrogens is 396 g/mol. The van der Waals surface area contributed by atoms with Gasteiger partial charge in [0.2, 0.25) is 11.8 Å². The Hall–Kier alpha value is -4.08. The van der Waals surface area contributed by atoms with Gasteiger partial charge in [-0.2, -0.15) is 4.39 Å². The lowest BCUT2D eigenvalue weighted by atomic mass is 10.1. The van der Waals surface area contributed by atoms with Crippen molar-refractivity contribution in [3.8, 4) is 17.0 Å². The van der Waals surface area contributed by atoms with Crippen molar-refractivity contribution < 1.29 is 18.4 Å². The molecule has 0 saturated heterocycles. The summed E-state index contributed by atoms with van der Waals surface area (Å²) in [5.74, 6) is -1.22. The minimum atomic E-state index is -1.02. The highest BCUT2D eigenvalue weighted by Gasteiger charge is 2.20. The van der Waals surface area contributed by atoms with Crippen molar-refractivity contribution in [3.63, 3.8) is 0 Å². The highest BCUT2D eigenvalue weighted by Crippen LogP contribution is 2.34. The highest BCUT2D eigenvalue weighted by molar-refractivity contribution is 5.95. The van der Waals surface area contributed by atoms with E-state index in [1.807, 2.05) is 17.8 Å². The summed E-state index contributed by atoms with van der Waals surface area (Å²) in [7, 11) is 3.15. The number of nitro benzene ring substituents is 1. The minimum Gasteiger partial charge on any atom is -0.494 e. The van der Waals surface area contributed by atoms with Crippen LogP contribution in [0.1, 0.15) is 0 Å². The molecule has 4 rings (SSSR count). The van der Waals surface area contributed by atoms with Crippen LogP contribution in [0.5, 0.6) is 5.75 Å². The molecule has 0 fully saturated rings. The van der Waals surface area contributed by atoms with Gasteiger partial charge in [0.25, 0.3) is 0 Å². The number of hydrogen-bond acceptors (Lipinski definition) is 6. The first-order valence-corrected chi connectivity index (χ1v) is 8.74. The maximum absolute atomic E-state index is 13.9. The maximum atomic E-state index is 13.9. The molecule has 0 aliphatic rings. The average molecular weight is 411 g/mol. The average Bonchev–Trinajstić information content (AvgIpc) is 3.04. The fourth-order valence-electron chi connectivity index (χ4n) is 3.21. The molecule has 4 aromatic rings. The number of hydrogen-bond donors (Lipinski definition) is 1. The standard InChI is InChI=1S/C20H15F2N5O3/c1-26-10-13(12-7-11(21)3-4-17(12)26)15-5-6-23-20(24-15)25-16-9-18(27(28)29)14(22)8-19(16)30-2/h3-10H,1-2H3,(H,23,24,25). The van der Waals surface area contributed by atoms with Crippen molar-refractivity contribution in [1.29, 1.82) is 0 Å². The molecule has 0 saturated carbocycles. The van der Waals surface area contributed by atoms with Gasteiger partial charge in [0.1, 0.15) is 11.6 Å². The van der Waals surface area contributed by atoms with Crippen molar-refractivity contribution in [2.75, 3.05) is 12.4 Å². The summed E-state index contributed by atoms with van der Waals surface area (Å²) in [6.07, 6.45) is 3.31. The molecule has 2 aromatic carbocycles. The van der Waals surface area contributed by atoms with Crippen molar-refractivity contribution in [2.45, 2.75) is 0 Å². The van der Waals surface area contributed by atoms with E-state index < -0.39 is 16.4 Å². The van der Waals surface area contributed by atoms with Crippen LogP contribution in [0.15, 0.2) is 48.8 Å². The third-order valence-electron chi connectivity index (χ3n) is 4.60. The molecule has 2 aromatic heterocycles. The Morgan fingerprint density at radius 2 is 2.00 bits per heavy atom. The second-order valence-corrected chi connectivity index (χ2v) is 6.47. The molecule has 1 N–H and O–H groups in total. The van der Waals surface area contributed by atoms with Gasteiger partial charge in [-0.1, -0.05) is 0 Å². The third kappa shape index (κ3) is 3.39. The fourth-order valence-corrected chi connectivity index (χ4v) is 3.21. The Labute approximate surface area is 168 Å². The Bertz CT molecular complexity index is 1290. The van der Waals surface area contributed by atoms with Crippen LogP contribution in [0.25, 0.3) is 22.2 Å². The molecule has 0 bridgehead atoms. The van der Waals surface area contributed by atoms with Crippen molar-refractivity contribution in [3.05, 3.63) is 70.5 Å². The summed E-state index contributed by atoms with van der Waals surface area (Å²) >= 11 is 0. The highest BCUT2D eigenvalue weighted by atomic mass is 19.1. The van der Waals surface area contributed by atoms with Crippen LogP contribution in [0, 0.1) is 21.7 Å². The lowest BCUT2D eigenvalue weighted by Gasteiger charge is -2.11. The molecule has 0 amide bonds. The predicted octanol–water partition coefficient (Wildman–Crippen LogP) is 4.57. The van der Waals surface area contributed by atoms with Crippen LogP contribution in [0.3, 0.4) is 0 Å². The largest absolute Gasteiger partial charge is 0.494 e. The Balaban J connectivity index is 1.77. The van der Waals surface area contributed by atoms with Crippen LogP contribution in [-0.4, -0.2) is 26.6 Å². The van der Waals surface area contributed by atoms with E-state index in [0.717, 1.165) is 17.6 Å². The Morgan fingerprint density at radius 3 is 2.73 bits per heavy atom. The third-order valence-corrected chi connectivity index (χ3v) is 4.60. The van der Waals surface area contributed by atoms with Crippen LogP contribution in [0.2, 0.25) is 0 Å². The van der Waals surface area contributed by atoms with Crippen molar-refractivity contribution >= 4 is 28.2 Å².